The summed E-state index contributed by atoms with van der Waals surface area (Å²) in [6.07, 6.45) is 1.65. The van der Waals surface area contributed by atoms with Crippen molar-refractivity contribution in [3.8, 4) is 0 Å². The molecule has 2 rings (SSSR count). The first kappa shape index (κ1) is 15.9. The van der Waals surface area contributed by atoms with Crippen LogP contribution in [0.4, 0.5) is 0 Å². The van der Waals surface area contributed by atoms with Crippen molar-refractivity contribution in [2.24, 2.45) is 0 Å². The van der Waals surface area contributed by atoms with Gasteiger partial charge in [-0.2, -0.15) is 0 Å². The summed E-state index contributed by atoms with van der Waals surface area (Å²) < 4.78 is 25.7. The Morgan fingerprint density at radius 1 is 0.905 bits per heavy atom. The Morgan fingerprint density at radius 3 is 1.86 bits per heavy atom. The number of benzene rings is 2. The molecule has 0 aliphatic carbocycles. The number of hydrogen-bond acceptors (Lipinski definition) is 3. The lowest BCUT2D eigenvalue weighted by Gasteiger charge is -2.09. The lowest BCUT2D eigenvalue weighted by atomic mass is 10.2. The summed E-state index contributed by atoms with van der Waals surface area (Å²) in [5, 5.41) is 0. The van der Waals surface area contributed by atoms with Crippen LogP contribution in [-0.4, -0.2) is 8.42 Å². The van der Waals surface area contributed by atoms with Crippen LogP contribution in [-0.2, 0) is 9.84 Å². The van der Waals surface area contributed by atoms with Crippen LogP contribution in [0.15, 0.2) is 68.6 Å². The first-order chi connectivity index (χ1) is 9.93. The van der Waals surface area contributed by atoms with Crippen LogP contribution < -0.4 is 0 Å². The normalized spacial score (nSPS) is 12.4. The van der Waals surface area contributed by atoms with E-state index in [2.05, 4.69) is 0 Å². The molecule has 0 fully saturated rings. The van der Waals surface area contributed by atoms with Gasteiger partial charge < -0.3 is 0 Å². The highest BCUT2D eigenvalue weighted by Gasteiger charge is 2.20. The summed E-state index contributed by atoms with van der Waals surface area (Å²) in [5.74, 6) is 0. The van der Waals surface area contributed by atoms with Crippen LogP contribution in [0.1, 0.15) is 18.1 Å². The first-order valence-corrected chi connectivity index (χ1v) is 8.96. The van der Waals surface area contributed by atoms with Gasteiger partial charge in [0.25, 0.3) is 0 Å². The van der Waals surface area contributed by atoms with Gasteiger partial charge in [-0.3, -0.25) is 0 Å². The number of hydrogen-bond donors (Lipinski definition) is 0. The van der Waals surface area contributed by atoms with Crippen LogP contribution >= 0.6 is 11.8 Å². The third-order valence-corrected chi connectivity index (χ3v) is 6.58. The van der Waals surface area contributed by atoms with Gasteiger partial charge in [0.15, 0.2) is 0 Å². The van der Waals surface area contributed by atoms with Gasteiger partial charge >= 0.3 is 0 Å². The molecular weight excluding hydrogens is 300 g/mol. The van der Waals surface area contributed by atoms with Crippen molar-refractivity contribution in [2.75, 3.05) is 0 Å². The molecule has 0 radical (unpaired) electrons. The molecule has 0 aromatic heterocycles. The summed E-state index contributed by atoms with van der Waals surface area (Å²) >= 11 is 1.28. The average molecular weight is 318 g/mol. The molecule has 0 spiro atoms. The largest absolute Gasteiger partial charge is 0.218 e. The van der Waals surface area contributed by atoms with Crippen molar-refractivity contribution in [2.45, 2.75) is 30.6 Å². The Morgan fingerprint density at radius 2 is 1.38 bits per heavy atom. The quantitative estimate of drug-likeness (QED) is 0.764. The number of rotatable bonds is 4. The van der Waals surface area contributed by atoms with Crippen molar-refractivity contribution >= 4 is 21.6 Å². The molecule has 0 saturated heterocycles. The fourth-order valence-electron chi connectivity index (χ4n) is 1.82. The Kier molecular flexibility index (Phi) is 4.91. The molecule has 110 valence electrons. The molecule has 0 unspecified atom stereocenters. The van der Waals surface area contributed by atoms with Gasteiger partial charge in [-0.1, -0.05) is 53.2 Å². The second-order valence-electron chi connectivity index (χ2n) is 4.84. The van der Waals surface area contributed by atoms with Crippen LogP contribution in [0.2, 0.25) is 0 Å². The topological polar surface area (TPSA) is 34.1 Å². The SMILES string of the molecule is C/C=C(/Sc1ccc(C)cc1)S(=O)(=O)c1ccc(C)cc1. The zero-order valence-corrected chi connectivity index (χ0v) is 14.0. The highest BCUT2D eigenvalue weighted by atomic mass is 32.3. The molecule has 0 aliphatic rings. The molecule has 0 amide bonds. The minimum Gasteiger partial charge on any atom is -0.218 e. The summed E-state index contributed by atoms with van der Waals surface area (Å²) in [4.78, 5) is 1.25. The number of sulfone groups is 1. The maximum Gasteiger partial charge on any atom is 0.212 e. The van der Waals surface area contributed by atoms with Gasteiger partial charge in [0.2, 0.25) is 9.84 Å². The highest BCUT2D eigenvalue weighted by Crippen LogP contribution is 2.34. The Hall–Kier alpha value is -1.52. The van der Waals surface area contributed by atoms with Crippen molar-refractivity contribution in [1.82, 2.24) is 0 Å². The molecule has 4 heteroatoms. The van der Waals surface area contributed by atoms with E-state index in [1.807, 2.05) is 50.2 Å². The summed E-state index contributed by atoms with van der Waals surface area (Å²) in [6, 6.07) is 14.8. The molecule has 0 N–H and O–H groups in total. The van der Waals surface area contributed by atoms with Crippen molar-refractivity contribution in [3.05, 3.63) is 70.0 Å². The minimum absolute atomic E-state index is 0.334. The van der Waals surface area contributed by atoms with Gasteiger partial charge in [-0.05, 0) is 45.0 Å². The van der Waals surface area contributed by atoms with Crippen LogP contribution in [0.25, 0.3) is 0 Å². The summed E-state index contributed by atoms with van der Waals surface area (Å²) in [6.45, 7) is 5.70. The zero-order chi connectivity index (χ0) is 15.5. The maximum atomic E-state index is 12.7. The standard InChI is InChI=1S/C17H18O2S2/c1-4-17(20-15-9-5-13(2)6-10-15)21(18,19)16-11-7-14(3)8-12-16/h4-12H,1-3H3/b17-4-. The molecule has 0 saturated carbocycles. The maximum absolute atomic E-state index is 12.7. The molecule has 0 bridgehead atoms. The predicted molar refractivity (Wildman–Crippen MR) is 89.2 cm³/mol. The van der Waals surface area contributed by atoms with Crippen molar-refractivity contribution in [3.63, 3.8) is 0 Å². The van der Waals surface area contributed by atoms with E-state index in [1.54, 1.807) is 25.1 Å². The Bertz CT molecular complexity index is 740. The van der Waals surface area contributed by atoms with Gasteiger partial charge in [0.1, 0.15) is 4.24 Å². The second kappa shape index (κ2) is 6.50. The fourth-order valence-corrected chi connectivity index (χ4v) is 4.50. The molecule has 2 nitrogen and oxygen atoms in total. The van der Waals surface area contributed by atoms with E-state index >= 15 is 0 Å². The molecule has 0 aliphatic heterocycles. The van der Waals surface area contributed by atoms with E-state index in [0.717, 1.165) is 16.0 Å². The molecular formula is C17H18O2S2. The zero-order valence-electron chi connectivity index (χ0n) is 12.3. The van der Waals surface area contributed by atoms with Crippen molar-refractivity contribution in [1.29, 1.82) is 0 Å². The van der Waals surface area contributed by atoms with E-state index in [1.165, 1.54) is 11.8 Å². The molecule has 21 heavy (non-hydrogen) atoms. The Labute approximate surface area is 130 Å². The van der Waals surface area contributed by atoms with E-state index in [-0.39, 0.29) is 0 Å². The van der Waals surface area contributed by atoms with Crippen LogP contribution in [0.3, 0.4) is 0 Å². The Balaban J connectivity index is 2.32. The molecule has 2 aromatic rings. The molecule has 0 atom stereocenters. The van der Waals surface area contributed by atoms with E-state index in [9.17, 15) is 8.42 Å². The van der Waals surface area contributed by atoms with Crippen LogP contribution in [0.5, 0.6) is 0 Å². The predicted octanol–water partition coefficient (Wildman–Crippen LogP) is 4.73. The fraction of sp³-hybridized carbons (Fsp3) is 0.176. The van der Waals surface area contributed by atoms with Crippen LogP contribution in [0, 0.1) is 13.8 Å². The lowest BCUT2D eigenvalue weighted by Crippen LogP contribution is -2.02. The van der Waals surface area contributed by atoms with E-state index < -0.39 is 9.84 Å². The number of thioether (sulfide) groups is 1. The smallest absolute Gasteiger partial charge is 0.212 e. The van der Waals surface area contributed by atoms with Gasteiger partial charge in [0, 0.05) is 4.90 Å². The van der Waals surface area contributed by atoms with Crippen molar-refractivity contribution < 1.29 is 8.42 Å². The first-order valence-electron chi connectivity index (χ1n) is 6.66. The third kappa shape index (κ3) is 3.77. The van der Waals surface area contributed by atoms with Gasteiger partial charge in [-0.25, -0.2) is 8.42 Å². The number of allylic oxidation sites excluding steroid dienone is 1. The van der Waals surface area contributed by atoms with E-state index in [0.29, 0.717) is 9.13 Å². The van der Waals surface area contributed by atoms with E-state index in [4.69, 9.17) is 0 Å². The lowest BCUT2D eigenvalue weighted by molar-refractivity contribution is 0.604. The minimum atomic E-state index is -3.45. The molecule has 0 heterocycles. The molecule has 2 aromatic carbocycles. The monoisotopic (exact) mass is 318 g/mol. The third-order valence-electron chi connectivity index (χ3n) is 3.07. The van der Waals surface area contributed by atoms with Gasteiger partial charge in [0.05, 0.1) is 4.90 Å². The number of aryl methyl sites for hydroxylation is 2. The summed E-state index contributed by atoms with van der Waals surface area (Å²) in [5.41, 5.74) is 2.20. The highest BCUT2D eigenvalue weighted by molar-refractivity contribution is 8.18. The van der Waals surface area contributed by atoms with Gasteiger partial charge in [-0.15, -0.1) is 0 Å². The second-order valence-corrected chi connectivity index (χ2v) is 8.13. The average Bonchev–Trinajstić information content (AvgIpc) is 2.47. The summed E-state index contributed by atoms with van der Waals surface area (Å²) in [7, 11) is -3.45.